The Hall–Kier alpha value is -4.50. The maximum atomic E-state index is 11.6. The molecule has 2 heteroatoms. The van der Waals surface area contributed by atoms with Crippen molar-refractivity contribution in [2.45, 2.75) is 38.9 Å². The molecule has 0 saturated carbocycles. The molecule has 0 saturated heterocycles. The molecule has 0 aromatic heterocycles. The van der Waals surface area contributed by atoms with E-state index in [9.17, 15) is 10.2 Å². The van der Waals surface area contributed by atoms with E-state index < -0.39 is 11.2 Å². The third kappa shape index (κ3) is 4.36. The summed E-state index contributed by atoms with van der Waals surface area (Å²) in [6.45, 7) is 7.36. The fourth-order valence-electron chi connectivity index (χ4n) is 6.54. The van der Waals surface area contributed by atoms with Crippen LogP contribution >= 0.6 is 0 Å². The molecular weight excluding hydrogens is 512 g/mol. The second kappa shape index (κ2) is 9.52. The van der Waals surface area contributed by atoms with Gasteiger partial charge in [-0.25, -0.2) is 0 Å². The van der Waals surface area contributed by atoms with E-state index in [1.54, 1.807) is 0 Å². The van der Waals surface area contributed by atoms with Gasteiger partial charge in [0.25, 0.3) is 0 Å². The third-order valence-electron chi connectivity index (χ3n) is 8.58. The van der Waals surface area contributed by atoms with Crippen LogP contribution in [0.25, 0.3) is 65.7 Å². The largest absolute Gasteiger partial charge is 0.386 e. The maximum Gasteiger partial charge on any atom is 0.0846 e. The lowest BCUT2D eigenvalue weighted by molar-refractivity contribution is 0.0753. The molecular formula is C40H34O2. The molecule has 7 aromatic rings. The van der Waals surface area contributed by atoms with E-state index in [2.05, 4.69) is 103 Å². The van der Waals surface area contributed by atoms with Gasteiger partial charge in [0.15, 0.2) is 0 Å². The van der Waals surface area contributed by atoms with Crippen LogP contribution in [0, 0.1) is 0 Å². The van der Waals surface area contributed by atoms with Crippen molar-refractivity contribution in [3.63, 3.8) is 0 Å². The number of benzene rings is 7. The Bertz CT molecular complexity index is 2070. The summed E-state index contributed by atoms with van der Waals surface area (Å²) in [6.07, 6.45) is 0. The lowest BCUT2D eigenvalue weighted by Crippen LogP contribution is -2.21. The van der Waals surface area contributed by atoms with Crippen LogP contribution in [-0.4, -0.2) is 10.2 Å². The molecule has 0 radical (unpaired) electrons. The molecule has 0 unspecified atom stereocenters. The van der Waals surface area contributed by atoms with Gasteiger partial charge in [0.2, 0.25) is 0 Å². The van der Waals surface area contributed by atoms with Crippen molar-refractivity contribution >= 4 is 32.3 Å². The van der Waals surface area contributed by atoms with Crippen molar-refractivity contribution in [2.75, 3.05) is 0 Å². The lowest BCUT2D eigenvalue weighted by Gasteiger charge is -2.29. The van der Waals surface area contributed by atoms with Crippen LogP contribution in [0.3, 0.4) is 0 Å². The minimum absolute atomic E-state index is 0.821. The van der Waals surface area contributed by atoms with Crippen molar-refractivity contribution in [3.05, 3.63) is 132 Å². The summed E-state index contributed by atoms with van der Waals surface area (Å²) in [5.41, 5.74) is 5.55. The van der Waals surface area contributed by atoms with Gasteiger partial charge < -0.3 is 10.2 Å². The van der Waals surface area contributed by atoms with Crippen LogP contribution in [0.2, 0.25) is 0 Å². The van der Waals surface area contributed by atoms with Gasteiger partial charge in [0.1, 0.15) is 0 Å². The standard InChI is InChI=1S/C40H34O2/c1-39(2,41)35-24-34(31-20-18-28-17-16-26-12-8-13-27-19-21-32(31)38(28)37(26)27)36(40(3,4)42)23-33(35)30-15-9-14-29(22-30)25-10-6-5-7-11-25/h5-24,41-42H,1-4H3. The van der Waals surface area contributed by atoms with E-state index in [1.807, 2.05) is 45.9 Å². The third-order valence-corrected chi connectivity index (χ3v) is 8.58. The van der Waals surface area contributed by atoms with Crippen LogP contribution < -0.4 is 0 Å². The topological polar surface area (TPSA) is 40.5 Å². The molecule has 0 heterocycles. The molecule has 0 aliphatic heterocycles. The highest BCUT2D eigenvalue weighted by Crippen LogP contribution is 2.45. The van der Waals surface area contributed by atoms with E-state index in [0.29, 0.717) is 0 Å². The summed E-state index contributed by atoms with van der Waals surface area (Å²) >= 11 is 0. The number of rotatable bonds is 5. The first-order chi connectivity index (χ1) is 20.1. The summed E-state index contributed by atoms with van der Waals surface area (Å²) < 4.78 is 0. The quantitative estimate of drug-likeness (QED) is 0.211. The number of aliphatic hydroxyl groups is 2. The van der Waals surface area contributed by atoms with Crippen molar-refractivity contribution in [3.8, 4) is 33.4 Å². The smallest absolute Gasteiger partial charge is 0.0846 e. The van der Waals surface area contributed by atoms with Crippen LogP contribution in [0.15, 0.2) is 121 Å². The highest BCUT2D eigenvalue weighted by Gasteiger charge is 2.29. The summed E-state index contributed by atoms with van der Waals surface area (Å²) in [4.78, 5) is 0. The summed E-state index contributed by atoms with van der Waals surface area (Å²) in [5.74, 6) is 0. The molecule has 7 aromatic carbocycles. The SMILES string of the molecule is CC(C)(O)c1cc(-c2ccc3ccc4cccc5ccc2c3c45)c(C(C)(C)O)cc1-c1cccc(-c2ccccc2)c1. The van der Waals surface area contributed by atoms with Gasteiger partial charge in [0, 0.05) is 0 Å². The normalized spacial score (nSPS) is 12.5. The minimum atomic E-state index is -1.12. The summed E-state index contributed by atoms with van der Waals surface area (Å²) in [6, 6.07) is 42.5. The first-order valence-electron chi connectivity index (χ1n) is 14.6. The van der Waals surface area contributed by atoms with E-state index >= 15 is 0 Å². The molecule has 42 heavy (non-hydrogen) atoms. The zero-order chi connectivity index (χ0) is 29.2. The highest BCUT2D eigenvalue weighted by atomic mass is 16.3. The Morgan fingerprint density at radius 2 is 0.929 bits per heavy atom. The molecule has 0 bridgehead atoms. The number of hydrogen-bond donors (Lipinski definition) is 2. The average Bonchev–Trinajstić information content (AvgIpc) is 2.99. The maximum absolute atomic E-state index is 11.6. The molecule has 0 fully saturated rings. The van der Waals surface area contributed by atoms with E-state index in [-0.39, 0.29) is 0 Å². The Kier molecular flexibility index (Phi) is 5.99. The first kappa shape index (κ1) is 26.4. The second-order valence-electron chi connectivity index (χ2n) is 12.5. The zero-order valence-electron chi connectivity index (χ0n) is 24.4. The van der Waals surface area contributed by atoms with Gasteiger partial charge in [0.05, 0.1) is 11.2 Å². The predicted octanol–water partition coefficient (Wildman–Crippen LogP) is 10.0. The van der Waals surface area contributed by atoms with Crippen LogP contribution in [0.1, 0.15) is 38.8 Å². The monoisotopic (exact) mass is 546 g/mol. The van der Waals surface area contributed by atoms with E-state index in [0.717, 1.165) is 49.9 Å². The average molecular weight is 547 g/mol. The molecule has 2 nitrogen and oxygen atoms in total. The molecule has 0 aliphatic carbocycles. The Balaban J connectivity index is 1.53. The van der Waals surface area contributed by atoms with Gasteiger partial charge in [-0.3, -0.25) is 0 Å². The van der Waals surface area contributed by atoms with Gasteiger partial charge in [-0.15, -0.1) is 0 Å². The second-order valence-corrected chi connectivity index (χ2v) is 12.5. The molecule has 206 valence electrons. The highest BCUT2D eigenvalue weighted by molar-refractivity contribution is 6.25. The fraction of sp³-hybridized carbons (Fsp3) is 0.150. The molecule has 0 spiro atoms. The van der Waals surface area contributed by atoms with Gasteiger partial charge >= 0.3 is 0 Å². The van der Waals surface area contributed by atoms with E-state index in [4.69, 9.17) is 0 Å². The van der Waals surface area contributed by atoms with Crippen molar-refractivity contribution in [2.24, 2.45) is 0 Å². The van der Waals surface area contributed by atoms with Gasteiger partial charge in [-0.2, -0.15) is 0 Å². The van der Waals surface area contributed by atoms with Crippen molar-refractivity contribution in [1.29, 1.82) is 0 Å². The molecule has 2 N–H and O–H groups in total. The van der Waals surface area contributed by atoms with E-state index in [1.165, 1.54) is 26.9 Å². The first-order valence-corrected chi connectivity index (χ1v) is 14.6. The minimum Gasteiger partial charge on any atom is -0.386 e. The summed E-state index contributed by atoms with van der Waals surface area (Å²) in [5, 5.41) is 30.4. The zero-order valence-corrected chi connectivity index (χ0v) is 24.4. The van der Waals surface area contributed by atoms with Crippen molar-refractivity contribution in [1.82, 2.24) is 0 Å². The van der Waals surface area contributed by atoms with Crippen LogP contribution in [0.4, 0.5) is 0 Å². The fourth-order valence-corrected chi connectivity index (χ4v) is 6.54. The lowest BCUT2D eigenvalue weighted by atomic mass is 9.79. The number of hydrogen-bond acceptors (Lipinski definition) is 2. The summed E-state index contributed by atoms with van der Waals surface area (Å²) in [7, 11) is 0. The molecule has 0 aliphatic rings. The Labute approximate surface area is 246 Å². The molecule has 7 rings (SSSR count). The predicted molar refractivity (Wildman–Crippen MR) is 177 cm³/mol. The molecule has 0 atom stereocenters. The van der Waals surface area contributed by atoms with Gasteiger partial charge in [-0.1, -0.05) is 103 Å². The Morgan fingerprint density at radius 3 is 1.62 bits per heavy atom. The molecule has 0 amide bonds. The van der Waals surface area contributed by atoms with Crippen molar-refractivity contribution < 1.29 is 10.2 Å². The van der Waals surface area contributed by atoms with Gasteiger partial charge in [-0.05, 0) is 123 Å². The Morgan fingerprint density at radius 1 is 0.405 bits per heavy atom. The van der Waals surface area contributed by atoms with Crippen LogP contribution in [-0.2, 0) is 11.2 Å². The van der Waals surface area contributed by atoms with Crippen LogP contribution in [0.5, 0.6) is 0 Å².